The van der Waals surface area contributed by atoms with Crippen LogP contribution in [0.15, 0.2) is 22.8 Å². The van der Waals surface area contributed by atoms with Gasteiger partial charge in [0.25, 0.3) is 0 Å². The van der Waals surface area contributed by atoms with Crippen LogP contribution in [-0.4, -0.2) is 38.9 Å². The normalized spacial score (nSPS) is 21.4. The maximum atomic E-state index is 4.66. The Bertz CT molecular complexity index is 617. The Hall–Kier alpha value is -0.480. The Kier molecular flexibility index (Phi) is 7.02. The second kappa shape index (κ2) is 8.57. The summed E-state index contributed by atoms with van der Waals surface area (Å²) < 4.78 is 2.39. The first-order valence-corrected chi connectivity index (χ1v) is 9.62. The van der Waals surface area contributed by atoms with Gasteiger partial charge in [-0.1, -0.05) is 0 Å². The number of aromatic nitrogens is 2. The van der Waals surface area contributed by atoms with E-state index in [0.717, 1.165) is 29.7 Å². The zero-order valence-corrected chi connectivity index (χ0v) is 17.5. The summed E-state index contributed by atoms with van der Waals surface area (Å²) >= 11 is 3.71. The summed E-state index contributed by atoms with van der Waals surface area (Å²) in [6.45, 7) is 6.86. The first-order valence-electron chi connectivity index (χ1n) is 7.76. The highest BCUT2D eigenvalue weighted by molar-refractivity contribution is 14.0. The molecule has 1 unspecified atom stereocenters. The molecule has 8 heteroatoms. The Morgan fingerprint density at radius 1 is 1.48 bits per heavy atom. The molecule has 0 aliphatic carbocycles. The second-order valence-electron chi connectivity index (χ2n) is 5.78. The highest BCUT2D eigenvalue weighted by Gasteiger charge is 2.29. The SMILES string of the molecule is CCNC(=NCc1cn2ccsc2n1)NCC1(C)CCCS1.I. The molecule has 3 rings (SSSR count). The highest BCUT2D eigenvalue weighted by atomic mass is 127. The van der Waals surface area contributed by atoms with Crippen molar-refractivity contribution in [2.45, 2.75) is 38.0 Å². The van der Waals surface area contributed by atoms with Crippen molar-refractivity contribution in [2.24, 2.45) is 4.99 Å². The van der Waals surface area contributed by atoms with Gasteiger partial charge in [-0.3, -0.25) is 4.40 Å². The predicted molar refractivity (Wildman–Crippen MR) is 111 cm³/mol. The molecule has 2 N–H and O–H groups in total. The van der Waals surface area contributed by atoms with Gasteiger partial charge >= 0.3 is 0 Å². The first kappa shape index (κ1) is 18.9. The lowest BCUT2D eigenvalue weighted by Gasteiger charge is -2.24. The van der Waals surface area contributed by atoms with Crippen molar-refractivity contribution in [3.8, 4) is 0 Å². The van der Waals surface area contributed by atoms with Gasteiger partial charge in [0.1, 0.15) is 0 Å². The van der Waals surface area contributed by atoms with Crippen LogP contribution in [0.3, 0.4) is 0 Å². The van der Waals surface area contributed by atoms with Crippen LogP contribution in [0.5, 0.6) is 0 Å². The maximum Gasteiger partial charge on any atom is 0.193 e. The number of rotatable bonds is 5. The first-order chi connectivity index (χ1) is 10.7. The highest BCUT2D eigenvalue weighted by Crippen LogP contribution is 2.36. The van der Waals surface area contributed by atoms with Crippen molar-refractivity contribution in [3.05, 3.63) is 23.5 Å². The number of aliphatic imine (C=N–C) groups is 1. The Labute approximate surface area is 162 Å². The van der Waals surface area contributed by atoms with Crippen molar-refractivity contribution < 1.29 is 0 Å². The van der Waals surface area contributed by atoms with Gasteiger partial charge in [-0.15, -0.1) is 35.3 Å². The number of thiazole rings is 1. The average molecular weight is 465 g/mol. The zero-order chi connectivity index (χ0) is 15.4. The van der Waals surface area contributed by atoms with Crippen molar-refractivity contribution in [1.29, 1.82) is 0 Å². The number of thioether (sulfide) groups is 1. The number of imidazole rings is 1. The lowest BCUT2D eigenvalue weighted by Crippen LogP contribution is -2.43. The monoisotopic (exact) mass is 465 g/mol. The number of nitrogens with zero attached hydrogens (tertiary/aromatic N) is 3. The largest absolute Gasteiger partial charge is 0.357 e. The van der Waals surface area contributed by atoms with E-state index in [9.17, 15) is 0 Å². The fraction of sp³-hybridized carbons (Fsp3) is 0.600. The third-order valence-corrected chi connectivity index (χ3v) is 6.13. The van der Waals surface area contributed by atoms with Gasteiger partial charge in [-0.2, -0.15) is 11.8 Å². The number of hydrogen-bond donors (Lipinski definition) is 2. The molecule has 128 valence electrons. The van der Waals surface area contributed by atoms with E-state index in [4.69, 9.17) is 0 Å². The lowest BCUT2D eigenvalue weighted by molar-refractivity contribution is 0.584. The molecule has 1 atom stereocenters. The quantitative estimate of drug-likeness (QED) is 0.404. The summed E-state index contributed by atoms with van der Waals surface area (Å²) in [5.74, 6) is 2.16. The Morgan fingerprint density at radius 2 is 2.35 bits per heavy atom. The van der Waals surface area contributed by atoms with Crippen molar-refractivity contribution in [2.75, 3.05) is 18.8 Å². The van der Waals surface area contributed by atoms with Crippen LogP contribution in [-0.2, 0) is 6.54 Å². The van der Waals surface area contributed by atoms with Crippen molar-refractivity contribution in [1.82, 2.24) is 20.0 Å². The molecule has 0 spiro atoms. The smallest absolute Gasteiger partial charge is 0.193 e. The molecule has 0 bridgehead atoms. The van der Waals surface area contributed by atoms with E-state index in [0.29, 0.717) is 11.3 Å². The van der Waals surface area contributed by atoms with E-state index in [1.807, 2.05) is 22.2 Å². The van der Waals surface area contributed by atoms with Gasteiger partial charge in [0.15, 0.2) is 10.9 Å². The minimum atomic E-state index is 0. The van der Waals surface area contributed by atoms with Gasteiger partial charge in [0.05, 0.1) is 12.2 Å². The molecule has 2 aromatic rings. The molecule has 2 aromatic heterocycles. The molecule has 1 aliphatic heterocycles. The molecule has 0 aromatic carbocycles. The van der Waals surface area contributed by atoms with Crippen LogP contribution in [0.25, 0.3) is 4.96 Å². The minimum Gasteiger partial charge on any atom is -0.357 e. The van der Waals surface area contributed by atoms with Gasteiger partial charge in [0, 0.05) is 35.6 Å². The van der Waals surface area contributed by atoms with Crippen molar-refractivity contribution in [3.63, 3.8) is 0 Å². The molecular formula is C15H24IN5S2. The topological polar surface area (TPSA) is 53.7 Å². The average Bonchev–Trinajstić information content (AvgIpc) is 3.18. The fourth-order valence-electron chi connectivity index (χ4n) is 2.60. The molecule has 5 nitrogen and oxygen atoms in total. The van der Waals surface area contributed by atoms with E-state index in [1.54, 1.807) is 11.3 Å². The van der Waals surface area contributed by atoms with E-state index in [-0.39, 0.29) is 24.0 Å². The number of guanidine groups is 1. The molecule has 3 heterocycles. The number of hydrogen-bond acceptors (Lipinski definition) is 4. The van der Waals surface area contributed by atoms with Crippen molar-refractivity contribution >= 4 is 58.0 Å². The zero-order valence-electron chi connectivity index (χ0n) is 13.5. The predicted octanol–water partition coefficient (Wildman–Crippen LogP) is 3.35. The lowest BCUT2D eigenvalue weighted by atomic mass is 10.1. The summed E-state index contributed by atoms with van der Waals surface area (Å²) in [7, 11) is 0. The van der Waals surface area contributed by atoms with E-state index in [1.165, 1.54) is 18.6 Å². The third kappa shape index (κ3) is 4.99. The molecule has 23 heavy (non-hydrogen) atoms. The van der Waals surface area contributed by atoms with E-state index < -0.39 is 0 Å². The summed E-state index contributed by atoms with van der Waals surface area (Å²) in [5, 5.41) is 8.85. The van der Waals surface area contributed by atoms with Crippen LogP contribution in [0, 0.1) is 0 Å². The third-order valence-electron chi connectivity index (χ3n) is 3.82. The minimum absolute atomic E-state index is 0. The summed E-state index contributed by atoms with van der Waals surface area (Å²) in [6, 6.07) is 0. The van der Waals surface area contributed by atoms with Crippen LogP contribution < -0.4 is 10.6 Å². The van der Waals surface area contributed by atoms with Crippen LogP contribution in [0.2, 0.25) is 0 Å². The number of halogens is 1. The Morgan fingerprint density at radius 3 is 3.04 bits per heavy atom. The summed E-state index contributed by atoms with van der Waals surface area (Å²) in [5.41, 5.74) is 1.01. The molecule has 0 radical (unpaired) electrons. The molecular weight excluding hydrogens is 441 g/mol. The molecule has 1 aliphatic rings. The molecule has 0 saturated carbocycles. The Balaban J connectivity index is 0.00000192. The van der Waals surface area contributed by atoms with Gasteiger partial charge in [-0.05, 0) is 32.4 Å². The molecule has 1 fully saturated rings. The maximum absolute atomic E-state index is 4.66. The van der Waals surface area contributed by atoms with E-state index in [2.05, 4.69) is 46.2 Å². The van der Waals surface area contributed by atoms with Gasteiger partial charge in [0.2, 0.25) is 0 Å². The van der Waals surface area contributed by atoms with Crippen LogP contribution in [0.4, 0.5) is 0 Å². The van der Waals surface area contributed by atoms with Gasteiger partial charge < -0.3 is 10.6 Å². The summed E-state index contributed by atoms with van der Waals surface area (Å²) in [6.07, 6.45) is 6.68. The fourth-order valence-corrected chi connectivity index (χ4v) is 4.56. The number of nitrogens with one attached hydrogen (secondary N) is 2. The van der Waals surface area contributed by atoms with E-state index >= 15 is 0 Å². The molecule has 0 amide bonds. The standard InChI is InChI=1S/C15H23N5S2.HI/c1-3-16-13(18-11-15(2)5-4-7-22-15)17-9-12-10-20-6-8-21-14(20)19-12;/h6,8,10H,3-5,7,9,11H2,1-2H3,(H2,16,17,18);1H. The van der Waals surface area contributed by atoms with Crippen LogP contribution in [0.1, 0.15) is 32.4 Å². The second-order valence-corrected chi connectivity index (χ2v) is 8.33. The van der Waals surface area contributed by atoms with Gasteiger partial charge in [-0.25, -0.2) is 9.98 Å². The molecule has 1 saturated heterocycles. The summed E-state index contributed by atoms with van der Waals surface area (Å²) in [4.78, 5) is 10.3. The van der Waals surface area contributed by atoms with Crippen LogP contribution >= 0.6 is 47.1 Å². The number of fused-ring (bicyclic) bond motifs is 1.